The van der Waals surface area contributed by atoms with Gasteiger partial charge in [-0.25, -0.2) is 14.8 Å². The van der Waals surface area contributed by atoms with Crippen molar-refractivity contribution in [3.05, 3.63) is 11.9 Å². The van der Waals surface area contributed by atoms with Crippen molar-refractivity contribution in [2.24, 2.45) is 0 Å². The quantitative estimate of drug-likeness (QED) is 0.657. The number of carbonyl (C=O) groups excluding carboxylic acids is 1. The van der Waals surface area contributed by atoms with Crippen molar-refractivity contribution in [1.29, 1.82) is 0 Å². The van der Waals surface area contributed by atoms with Crippen LogP contribution in [0.15, 0.2) is 6.20 Å². The predicted molar refractivity (Wildman–Crippen MR) is 56.0 cm³/mol. The normalized spacial score (nSPS) is 11.1. The van der Waals surface area contributed by atoms with Gasteiger partial charge in [-0.1, -0.05) is 0 Å². The van der Waals surface area contributed by atoms with Crippen molar-refractivity contribution in [2.75, 3.05) is 11.5 Å². The van der Waals surface area contributed by atoms with Crippen LogP contribution in [0.5, 0.6) is 0 Å². The first kappa shape index (κ1) is 11.2. The third-order valence-corrected chi connectivity index (χ3v) is 1.41. The number of nitrogens with zero attached hydrogens (tertiary/aromatic N) is 2. The fraction of sp³-hybridized carbons (Fsp3) is 0.444. The Kier molecular flexibility index (Phi) is 2.78. The Morgan fingerprint density at radius 3 is 2.47 bits per heavy atom. The summed E-state index contributed by atoms with van der Waals surface area (Å²) in [5.74, 6) is -0.462. The lowest BCUT2D eigenvalue weighted by Gasteiger charge is -2.19. The van der Waals surface area contributed by atoms with Gasteiger partial charge in [-0.15, -0.1) is 0 Å². The van der Waals surface area contributed by atoms with Gasteiger partial charge in [0.15, 0.2) is 11.5 Å². The van der Waals surface area contributed by atoms with E-state index < -0.39 is 11.6 Å². The second-order valence-electron chi connectivity index (χ2n) is 4.03. The monoisotopic (exact) mass is 210 g/mol. The zero-order valence-corrected chi connectivity index (χ0v) is 8.94. The average Bonchev–Trinajstić information content (AvgIpc) is 1.99. The van der Waals surface area contributed by atoms with Crippen LogP contribution in [0, 0.1) is 0 Å². The van der Waals surface area contributed by atoms with Crippen LogP contribution in [0.2, 0.25) is 0 Å². The SMILES string of the molecule is CC(C)(C)OC(=O)c1ncc(N)nc1N. The highest BCUT2D eigenvalue weighted by molar-refractivity contribution is 5.92. The molecule has 15 heavy (non-hydrogen) atoms. The van der Waals surface area contributed by atoms with Crippen LogP contribution < -0.4 is 11.5 Å². The molecule has 0 aliphatic carbocycles. The molecule has 1 aromatic heterocycles. The minimum atomic E-state index is -0.604. The van der Waals surface area contributed by atoms with Crippen LogP contribution in [-0.4, -0.2) is 21.5 Å². The van der Waals surface area contributed by atoms with E-state index in [0.717, 1.165) is 0 Å². The fourth-order valence-corrected chi connectivity index (χ4v) is 0.901. The molecule has 0 atom stereocenters. The molecule has 1 aromatic rings. The molecule has 0 saturated heterocycles. The molecule has 0 radical (unpaired) electrons. The van der Waals surface area contributed by atoms with E-state index in [2.05, 4.69) is 9.97 Å². The van der Waals surface area contributed by atoms with Crippen LogP contribution in [0.4, 0.5) is 11.6 Å². The second-order valence-corrected chi connectivity index (χ2v) is 4.03. The molecule has 1 rings (SSSR count). The van der Waals surface area contributed by atoms with Crippen molar-refractivity contribution < 1.29 is 9.53 Å². The lowest BCUT2D eigenvalue weighted by molar-refractivity contribution is 0.00639. The summed E-state index contributed by atoms with van der Waals surface area (Å²) >= 11 is 0. The van der Waals surface area contributed by atoms with Crippen LogP contribution in [-0.2, 0) is 4.74 Å². The topological polar surface area (TPSA) is 104 Å². The minimum absolute atomic E-state index is 0.0147. The first-order valence-corrected chi connectivity index (χ1v) is 4.41. The highest BCUT2D eigenvalue weighted by Crippen LogP contribution is 2.14. The van der Waals surface area contributed by atoms with Crippen molar-refractivity contribution in [3.8, 4) is 0 Å². The van der Waals surface area contributed by atoms with Gasteiger partial charge in [0, 0.05) is 0 Å². The minimum Gasteiger partial charge on any atom is -0.455 e. The zero-order chi connectivity index (χ0) is 11.6. The standard InChI is InChI=1S/C9H14N4O2/c1-9(2,3)15-8(14)6-7(11)13-5(10)4-12-6/h4H,1-3H3,(H4,10,11,13). The van der Waals surface area contributed by atoms with E-state index >= 15 is 0 Å². The highest BCUT2D eigenvalue weighted by atomic mass is 16.6. The summed E-state index contributed by atoms with van der Waals surface area (Å²) in [6, 6.07) is 0. The Hall–Kier alpha value is -1.85. The van der Waals surface area contributed by atoms with E-state index in [4.69, 9.17) is 16.2 Å². The van der Waals surface area contributed by atoms with E-state index in [1.807, 2.05) is 0 Å². The summed E-state index contributed by atoms with van der Waals surface area (Å²) in [5, 5.41) is 0. The van der Waals surface area contributed by atoms with Gasteiger partial charge in [0.25, 0.3) is 0 Å². The molecule has 82 valence electrons. The smallest absolute Gasteiger partial charge is 0.361 e. The molecule has 6 nitrogen and oxygen atoms in total. The fourth-order valence-electron chi connectivity index (χ4n) is 0.901. The van der Waals surface area contributed by atoms with Gasteiger partial charge in [-0.05, 0) is 20.8 Å². The number of rotatable bonds is 1. The Labute approximate surface area is 87.7 Å². The Balaban J connectivity index is 2.92. The van der Waals surface area contributed by atoms with E-state index in [0.29, 0.717) is 0 Å². The van der Waals surface area contributed by atoms with Crippen LogP contribution in [0.3, 0.4) is 0 Å². The first-order chi connectivity index (χ1) is 6.79. The van der Waals surface area contributed by atoms with E-state index in [9.17, 15) is 4.79 Å². The van der Waals surface area contributed by atoms with Gasteiger partial charge in [-0.3, -0.25) is 0 Å². The molecule has 0 unspecified atom stereocenters. The molecule has 0 bridgehead atoms. The maximum Gasteiger partial charge on any atom is 0.361 e. The zero-order valence-electron chi connectivity index (χ0n) is 8.94. The summed E-state index contributed by atoms with van der Waals surface area (Å²) in [7, 11) is 0. The van der Waals surface area contributed by atoms with Gasteiger partial charge in [-0.2, -0.15) is 0 Å². The second kappa shape index (κ2) is 3.72. The third kappa shape index (κ3) is 3.08. The highest BCUT2D eigenvalue weighted by Gasteiger charge is 2.21. The summed E-state index contributed by atoms with van der Waals surface area (Å²) < 4.78 is 5.08. The molecule has 6 heteroatoms. The Bertz CT molecular complexity index is 384. The molecular weight excluding hydrogens is 196 g/mol. The third-order valence-electron chi connectivity index (χ3n) is 1.41. The number of esters is 1. The Morgan fingerprint density at radius 1 is 1.40 bits per heavy atom. The molecule has 0 fully saturated rings. The Morgan fingerprint density at radius 2 is 2.00 bits per heavy atom. The van der Waals surface area contributed by atoms with Crippen molar-refractivity contribution in [1.82, 2.24) is 9.97 Å². The van der Waals surface area contributed by atoms with Gasteiger partial charge in [0.1, 0.15) is 11.4 Å². The summed E-state index contributed by atoms with van der Waals surface area (Å²) in [6.07, 6.45) is 1.26. The number of nitrogen functional groups attached to an aromatic ring is 2. The molecule has 0 saturated carbocycles. The van der Waals surface area contributed by atoms with Gasteiger partial charge in [0.05, 0.1) is 6.20 Å². The molecule has 0 aliphatic rings. The van der Waals surface area contributed by atoms with Gasteiger partial charge in [0.2, 0.25) is 0 Å². The molecular formula is C9H14N4O2. The maximum absolute atomic E-state index is 11.5. The molecule has 0 aromatic carbocycles. The van der Waals surface area contributed by atoms with Crippen LogP contribution >= 0.6 is 0 Å². The summed E-state index contributed by atoms with van der Waals surface area (Å²) in [5.41, 5.74) is 10.2. The van der Waals surface area contributed by atoms with E-state index in [1.165, 1.54) is 6.20 Å². The van der Waals surface area contributed by atoms with Gasteiger partial charge < -0.3 is 16.2 Å². The number of hydrogen-bond acceptors (Lipinski definition) is 6. The van der Waals surface area contributed by atoms with E-state index in [1.54, 1.807) is 20.8 Å². The lowest BCUT2D eigenvalue weighted by atomic mass is 10.2. The molecule has 0 amide bonds. The van der Waals surface area contributed by atoms with Crippen molar-refractivity contribution in [3.63, 3.8) is 0 Å². The molecule has 0 spiro atoms. The lowest BCUT2D eigenvalue weighted by Crippen LogP contribution is -2.25. The number of nitrogens with two attached hydrogens (primary N) is 2. The molecule has 4 N–H and O–H groups in total. The predicted octanol–water partition coefficient (Wildman–Crippen LogP) is 0.596. The largest absolute Gasteiger partial charge is 0.455 e. The first-order valence-electron chi connectivity index (χ1n) is 4.41. The van der Waals surface area contributed by atoms with Crippen molar-refractivity contribution in [2.45, 2.75) is 26.4 Å². The molecule has 1 heterocycles. The van der Waals surface area contributed by atoms with Crippen LogP contribution in [0.25, 0.3) is 0 Å². The van der Waals surface area contributed by atoms with Crippen molar-refractivity contribution >= 4 is 17.6 Å². The van der Waals surface area contributed by atoms with E-state index in [-0.39, 0.29) is 17.3 Å². The summed E-state index contributed by atoms with van der Waals surface area (Å²) in [6.45, 7) is 5.27. The number of ether oxygens (including phenoxy) is 1. The summed E-state index contributed by atoms with van der Waals surface area (Å²) in [4.78, 5) is 19.0. The number of aromatic nitrogens is 2. The molecule has 0 aliphatic heterocycles. The average molecular weight is 210 g/mol. The van der Waals surface area contributed by atoms with Crippen LogP contribution in [0.1, 0.15) is 31.3 Å². The maximum atomic E-state index is 11.5. The number of anilines is 2. The number of hydrogen-bond donors (Lipinski definition) is 2. The van der Waals surface area contributed by atoms with Gasteiger partial charge >= 0.3 is 5.97 Å². The number of carbonyl (C=O) groups is 1.